The molecule has 1 fully saturated rings. The Balaban J connectivity index is 1.46. The number of fused-ring (bicyclic) bond motifs is 1. The van der Waals surface area contributed by atoms with Gasteiger partial charge in [0.25, 0.3) is 11.5 Å². The highest BCUT2D eigenvalue weighted by atomic mass is 35.5. The molecule has 0 radical (unpaired) electrons. The van der Waals surface area contributed by atoms with Crippen LogP contribution in [0.25, 0.3) is 10.9 Å². The Morgan fingerprint density at radius 2 is 2.07 bits per heavy atom. The van der Waals surface area contributed by atoms with Crippen molar-refractivity contribution in [3.8, 4) is 0 Å². The van der Waals surface area contributed by atoms with E-state index in [1.807, 2.05) is 6.92 Å². The summed E-state index contributed by atoms with van der Waals surface area (Å²) in [6.07, 6.45) is 2.81. The van der Waals surface area contributed by atoms with E-state index in [9.17, 15) is 14.7 Å². The van der Waals surface area contributed by atoms with Crippen LogP contribution in [0.3, 0.4) is 0 Å². The van der Waals surface area contributed by atoms with Gasteiger partial charge in [-0.25, -0.2) is 4.98 Å². The van der Waals surface area contributed by atoms with E-state index in [1.165, 1.54) is 10.9 Å². The number of carbonyl (C=O) groups excluding carboxylic acids is 1. The van der Waals surface area contributed by atoms with Crippen molar-refractivity contribution in [1.82, 2.24) is 19.6 Å². The number of aliphatic hydroxyl groups is 1. The first-order valence-electron chi connectivity index (χ1n) is 9.50. The number of halogens is 1. The lowest BCUT2D eigenvalue weighted by Gasteiger charge is -2.38. The number of likely N-dealkylation sites (tertiary alicyclic amines) is 1. The normalized spacial score (nSPS) is 16.3. The number of benzene rings is 1. The molecule has 3 aromatic rings. The Morgan fingerprint density at radius 1 is 1.31 bits per heavy atom. The molecule has 1 aliphatic heterocycles. The SMILES string of the molecule is CCc1cc(C(=O)N2CCC(O)(Cn3cnc4cc(Cl)ccc4c3=O)CC2)on1. The predicted molar refractivity (Wildman–Crippen MR) is 107 cm³/mol. The fraction of sp³-hybridized carbons (Fsp3) is 0.400. The molecule has 152 valence electrons. The van der Waals surface area contributed by atoms with Crippen molar-refractivity contribution in [2.45, 2.75) is 38.3 Å². The van der Waals surface area contributed by atoms with Gasteiger partial charge in [0, 0.05) is 24.2 Å². The molecule has 0 unspecified atom stereocenters. The maximum Gasteiger partial charge on any atom is 0.292 e. The summed E-state index contributed by atoms with van der Waals surface area (Å²) < 4.78 is 6.53. The second-order valence-electron chi connectivity index (χ2n) is 7.39. The van der Waals surface area contributed by atoms with E-state index in [1.54, 1.807) is 29.2 Å². The van der Waals surface area contributed by atoms with Gasteiger partial charge in [-0.15, -0.1) is 0 Å². The zero-order valence-corrected chi connectivity index (χ0v) is 16.7. The lowest BCUT2D eigenvalue weighted by molar-refractivity contribution is -0.0305. The highest BCUT2D eigenvalue weighted by molar-refractivity contribution is 6.31. The Bertz CT molecular complexity index is 1120. The summed E-state index contributed by atoms with van der Waals surface area (Å²) in [5.41, 5.74) is -0.0818. The summed E-state index contributed by atoms with van der Waals surface area (Å²) in [5.74, 6) is -0.0263. The molecule has 1 aromatic carbocycles. The summed E-state index contributed by atoms with van der Waals surface area (Å²) in [6.45, 7) is 2.78. The van der Waals surface area contributed by atoms with Gasteiger partial charge in [-0.3, -0.25) is 14.2 Å². The number of nitrogens with zero attached hydrogens (tertiary/aromatic N) is 4. The lowest BCUT2D eigenvalue weighted by atomic mass is 9.91. The number of amides is 1. The van der Waals surface area contributed by atoms with Crippen LogP contribution in [0.5, 0.6) is 0 Å². The number of piperidine rings is 1. The van der Waals surface area contributed by atoms with Crippen molar-refractivity contribution in [3.63, 3.8) is 0 Å². The molecular weight excluding hydrogens is 396 g/mol. The molecule has 8 nitrogen and oxygen atoms in total. The van der Waals surface area contributed by atoms with E-state index in [4.69, 9.17) is 16.1 Å². The molecule has 0 aliphatic carbocycles. The summed E-state index contributed by atoms with van der Waals surface area (Å²) in [6, 6.07) is 6.56. The second kappa shape index (κ2) is 7.61. The summed E-state index contributed by atoms with van der Waals surface area (Å²) in [4.78, 5) is 31.2. The standard InChI is InChI=1S/C20H21ClN4O4/c1-2-14-10-17(29-23-14)19(27)24-7-5-20(28,6-8-24)11-25-12-22-16-9-13(21)3-4-15(16)18(25)26/h3-4,9-10,12,28H,2,5-8,11H2,1H3. The summed E-state index contributed by atoms with van der Waals surface area (Å²) in [5, 5.41) is 15.8. The van der Waals surface area contributed by atoms with Gasteiger partial charge in [0.15, 0.2) is 0 Å². The Kier molecular flexibility index (Phi) is 5.14. The third-order valence-corrected chi connectivity index (χ3v) is 5.60. The zero-order valence-electron chi connectivity index (χ0n) is 16.0. The maximum atomic E-state index is 12.7. The average Bonchev–Trinajstić information content (AvgIpc) is 3.19. The van der Waals surface area contributed by atoms with Gasteiger partial charge in [-0.1, -0.05) is 23.7 Å². The van der Waals surface area contributed by atoms with Crippen LogP contribution in [0.4, 0.5) is 0 Å². The highest BCUT2D eigenvalue weighted by Crippen LogP contribution is 2.25. The van der Waals surface area contributed by atoms with Gasteiger partial charge in [-0.05, 0) is 37.5 Å². The minimum Gasteiger partial charge on any atom is -0.388 e. The van der Waals surface area contributed by atoms with Gasteiger partial charge in [-0.2, -0.15) is 0 Å². The van der Waals surface area contributed by atoms with Gasteiger partial charge in [0.1, 0.15) is 0 Å². The van der Waals surface area contributed by atoms with Crippen molar-refractivity contribution in [2.24, 2.45) is 0 Å². The summed E-state index contributed by atoms with van der Waals surface area (Å²) in [7, 11) is 0. The average molecular weight is 417 g/mol. The molecular formula is C20H21ClN4O4. The number of hydrogen-bond acceptors (Lipinski definition) is 6. The maximum absolute atomic E-state index is 12.7. The quantitative estimate of drug-likeness (QED) is 0.700. The van der Waals surface area contributed by atoms with Crippen molar-refractivity contribution < 1.29 is 14.4 Å². The van der Waals surface area contributed by atoms with E-state index < -0.39 is 5.60 Å². The third kappa shape index (κ3) is 3.90. The van der Waals surface area contributed by atoms with Crippen molar-refractivity contribution in [2.75, 3.05) is 13.1 Å². The minimum absolute atomic E-state index is 0.113. The van der Waals surface area contributed by atoms with Crippen LogP contribution in [0.15, 0.2) is 39.9 Å². The third-order valence-electron chi connectivity index (χ3n) is 5.37. The molecule has 0 spiro atoms. The number of carbonyl (C=O) groups is 1. The highest BCUT2D eigenvalue weighted by Gasteiger charge is 2.35. The van der Waals surface area contributed by atoms with E-state index in [-0.39, 0.29) is 23.8 Å². The van der Waals surface area contributed by atoms with Gasteiger partial charge in [0.2, 0.25) is 5.76 Å². The Morgan fingerprint density at radius 3 is 2.76 bits per heavy atom. The van der Waals surface area contributed by atoms with E-state index in [0.717, 1.165) is 5.69 Å². The van der Waals surface area contributed by atoms with E-state index in [0.29, 0.717) is 48.3 Å². The number of aryl methyl sites for hydroxylation is 1. The first-order valence-corrected chi connectivity index (χ1v) is 9.88. The van der Waals surface area contributed by atoms with Crippen LogP contribution < -0.4 is 5.56 Å². The van der Waals surface area contributed by atoms with Crippen molar-refractivity contribution >= 4 is 28.4 Å². The van der Waals surface area contributed by atoms with Crippen LogP contribution >= 0.6 is 11.6 Å². The van der Waals surface area contributed by atoms with Crippen LogP contribution in [0, 0.1) is 0 Å². The molecule has 0 bridgehead atoms. The molecule has 29 heavy (non-hydrogen) atoms. The fourth-order valence-corrected chi connectivity index (χ4v) is 3.75. The molecule has 9 heteroatoms. The monoisotopic (exact) mass is 416 g/mol. The molecule has 1 N–H and O–H groups in total. The Hall–Kier alpha value is -2.71. The first-order chi connectivity index (χ1) is 13.9. The predicted octanol–water partition coefficient (Wildman–Crippen LogP) is 2.27. The van der Waals surface area contributed by atoms with Crippen LogP contribution in [-0.4, -0.2) is 49.3 Å². The second-order valence-corrected chi connectivity index (χ2v) is 7.83. The molecule has 0 saturated carbocycles. The smallest absolute Gasteiger partial charge is 0.292 e. The van der Waals surface area contributed by atoms with Crippen LogP contribution in [0.1, 0.15) is 36.0 Å². The van der Waals surface area contributed by atoms with E-state index >= 15 is 0 Å². The molecule has 1 aliphatic rings. The molecule has 2 aromatic heterocycles. The molecule has 4 rings (SSSR count). The van der Waals surface area contributed by atoms with Crippen molar-refractivity contribution in [3.05, 3.63) is 57.4 Å². The number of aromatic nitrogens is 3. The first kappa shape index (κ1) is 19.6. The number of hydrogen-bond donors (Lipinski definition) is 1. The lowest BCUT2D eigenvalue weighted by Crippen LogP contribution is -2.49. The number of rotatable bonds is 4. The summed E-state index contributed by atoms with van der Waals surface area (Å²) >= 11 is 5.95. The van der Waals surface area contributed by atoms with Crippen LogP contribution in [-0.2, 0) is 13.0 Å². The zero-order chi connectivity index (χ0) is 20.6. The minimum atomic E-state index is -1.10. The molecule has 1 amide bonds. The van der Waals surface area contributed by atoms with Crippen LogP contribution in [0.2, 0.25) is 5.02 Å². The van der Waals surface area contributed by atoms with Crippen molar-refractivity contribution in [1.29, 1.82) is 0 Å². The Labute approximate surface area is 171 Å². The molecule has 3 heterocycles. The van der Waals surface area contributed by atoms with E-state index in [2.05, 4.69) is 10.1 Å². The topological polar surface area (TPSA) is 101 Å². The molecule has 0 atom stereocenters. The van der Waals surface area contributed by atoms with Gasteiger partial charge < -0.3 is 14.5 Å². The largest absolute Gasteiger partial charge is 0.388 e. The van der Waals surface area contributed by atoms with Gasteiger partial charge >= 0.3 is 0 Å². The molecule has 1 saturated heterocycles. The van der Waals surface area contributed by atoms with Gasteiger partial charge in [0.05, 0.1) is 35.1 Å². The fourth-order valence-electron chi connectivity index (χ4n) is 3.58.